The molecular formula is C20H26ClFIN5. The summed E-state index contributed by atoms with van der Waals surface area (Å²) in [6.07, 6.45) is 4.53. The number of anilines is 1. The summed E-state index contributed by atoms with van der Waals surface area (Å²) in [4.78, 5) is 10.4. The van der Waals surface area contributed by atoms with E-state index in [1.165, 1.54) is 11.6 Å². The number of pyridine rings is 1. The molecule has 1 atom stereocenters. The lowest BCUT2D eigenvalue weighted by Gasteiger charge is -2.20. The van der Waals surface area contributed by atoms with Gasteiger partial charge in [-0.2, -0.15) is 0 Å². The molecule has 0 bridgehead atoms. The van der Waals surface area contributed by atoms with Gasteiger partial charge in [0.2, 0.25) is 0 Å². The Kier molecular flexibility index (Phi) is 9.24. The average Bonchev–Trinajstić information content (AvgIpc) is 3.14. The fourth-order valence-electron chi connectivity index (χ4n) is 3.22. The summed E-state index contributed by atoms with van der Waals surface area (Å²) in [6, 6.07) is 11.2. The zero-order chi connectivity index (χ0) is 19.1. The zero-order valence-corrected chi connectivity index (χ0v) is 19.0. The lowest BCUT2D eigenvalue weighted by atomic mass is 10.1. The van der Waals surface area contributed by atoms with Gasteiger partial charge in [-0.3, -0.25) is 4.99 Å². The van der Waals surface area contributed by atoms with E-state index in [1.54, 1.807) is 19.3 Å². The number of hydrogen-bond acceptors (Lipinski definition) is 3. The van der Waals surface area contributed by atoms with Gasteiger partial charge in [-0.25, -0.2) is 9.37 Å². The third kappa shape index (κ3) is 6.48. The van der Waals surface area contributed by atoms with Crippen LogP contribution in [0.2, 0.25) is 5.02 Å². The third-order valence-corrected chi connectivity index (χ3v) is 4.89. The fraction of sp³-hybridized carbons (Fsp3) is 0.400. The molecule has 1 aliphatic heterocycles. The summed E-state index contributed by atoms with van der Waals surface area (Å²) in [5.41, 5.74) is 1.27. The van der Waals surface area contributed by atoms with E-state index in [0.717, 1.165) is 43.3 Å². The number of hydrogen-bond donors (Lipinski definition) is 2. The van der Waals surface area contributed by atoms with Crippen LogP contribution in [0.3, 0.4) is 0 Å². The minimum Gasteiger partial charge on any atom is -0.356 e. The van der Waals surface area contributed by atoms with Crippen molar-refractivity contribution in [1.82, 2.24) is 15.6 Å². The lowest BCUT2D eigenvalue weighted by Crippen LogP contribution is -2.45. The van der Waals surface area contributed by atoms with Crippen LogP contribution in [0.25, 0.3) is 0 Å². The van der Waals surface area contributed by atoms with Gasteiger partial charge >= 0.3 is 0 Å². The predicted octanol–water partition coefficient (Wildman–Crippen LogP) is 3.87. The number of nitrogens with one attached hydrogen (secondary N) is 2. The van der Waals surface area contributed by atoms with Gasteiger partial charge in [-0.05, 0) is 49.1 Å². The number of rotatable bonds is 6. The van der Waals surface area contributed by atoms with E-state index in [2.05, 4.69) is 32.7 Å². The highest BCUT2D eigenvalue weighted by atomic mass is 127. The van der Waals surface area contributed by atoms with Crippen molar-refractivity contribution >= 4 is 47.4 Å². The van der Waals surface area contributed by atoms with Gasteiger partial charge in [0, 0.05) is 43.9 Å². The Morgan fingerprint density at radius 2 is 2.11 bits per heavy atom. The van der Waals surface area contributed by atoms with E-state index in [1.807, 2.05) is 17.0 Å². The molecule has 1 saturated heterocycles. The first-order chi connectivity index (χ1) is 13.2. The molecule has 8 heteroatoms. The zero-order valence-electron chi connectivity index (χ0n) is 15.9. The topological polar surface area (TPSA) is 52.6 Å². The maximum Gasteiger partial charge on any atom is 0.191 e. The molecule has 1 aromatic heterocycles. The molecule has 2 N–H and O–H groups in total. The number of halogens is 3. The Balaban J connectivity index is 0.00000280. The minimum atomic E-state index is -0.275. The molecule has 3 rings (SSSR count). The van der Waals surface area contributed by atoms with Crippen molar-refractivity contribution in [3.05, 3.63) is 59.0 Å². The summed E-state index contributed by atoms with van der Waals surface area (Å²) in [5, 5.41) is 7.53. The van der Waals surface area contributed by atoms with Crippen LogP contribution in [0.1, 0.15) is 18.4 Å². The van der Waals surface area contributed by atoms with Gasteiger partial charge in [-0.15, -0.1) is 24.0 Å². The lowest BCUT2D eigenvalue weighted by molar-refractivity contribution is 0.612. The summed E-state index contributed by atoms with van der Waals surface area (Å²) in [5.74, 6) is 0.926. The third-order valence-electron chi connectivity index (χ3n) is 4.64. The molecule has 0 spiro atoms. The van der Waals surface area contributed by atoms with Gasteiger partial charge in [0.1, 0.15) is 0 Å². The first-order valence-electron chi connectivity index (χ1n) is 9.23. The number of nitrogens with zero attached hydrogens (tertiary/aromatic N) is 3. The number of aromatic nitrogens is 1. The van der Waals surface area contributed by atoms with E-state index < -0.39 is 0 Å². The second-order valence-electron chi connectivity index (χ2n) is 6.61. The Morgan fingerprint density at radius 1 is 1.32 bits per heavy atom. The number of guanidine groups is 1. The highest BCUT2D eigenvalue weighted by molar-refractivity contribution is 14.0. The first-order valence-corrected chi connectivity index (χ1v) is 9.60. The van der Waals surface area contributed by atoms with E-state index in [4.69, 9.17) is 11.6 Å². The van der Waals surface area contributed by atoms with Crippen molar-refractivity contribution in [1.29, 1.82) is 0 Å². The van der Waals surface area contributed by atoms with Crippen LogP contribution >= 0.6 is 35.6 Å². The summed E-state index contributed by atoms with van der Waals surface area (Å²) in [7, 11) is 1.76. The number of aryl methyl sites for hydroxylation is 1. The molecule has 0 aliphatic carbocycles. The molecule has 1 aliphatic rings. The Bertz CT molecular complexity index is 771. The number of aliphatic imine (C=N–C) groups is 1. The standard InChI is InChI=1S/C20H25ClFN5.HI/c1-23-20(25-12-2-4-15-6-8-16(21)9-7-15)26-17-10-13-27(14-17)19-18(22)5-3-11-24-19;/h3,5-9,11,17H,2,4,10,12-14H2,1H3,(H2,23,25,26);1H. The van der Waals surface area contributed by atoms with Crippen molar-refractivity contribution in [2.24, 2.45) is 4.99 Å². The first kappa shape index (κ1) is 22.7. The number of benzene rings is 1. The molecular weight excluding hydrogens is 492 g/mol. The molecule has 28 heavy (non-hydrogen) atoms. The average molecular weight is 518 g/mol. The molecule has 152 valence electrons. The van der Waals surface area contributed by atoms with E-state index in [9.17, 15) is 4.39 Å². The maximum absolute atomic E-state index is 13.9. The fourth-order valence-corrected chi connectivity index (χ4v) is 3.34. The Labute approximate surface area is 187 Å². The van der Waals surface area contributed by atoms with Crippen molar-refractivity contribution < 1.29 is 4.39 Å². The quantitative estimate of drug-likeness (QED) is 0.264. The second kappa shape index (κ2) is 11.4. The molecule has 2 heterocycles. The molecule has 5 nitrogen and oxygen atoms in total. The summed E-state index contributed by atoms with van der Waals surface area (Å²) in [6.45, 7) is 2.31. The van der Waals surface area contributed by atoms with Crippen molar-refractivity contribution in [3.63, 3.8) is 0 Å². The van der Waals surface area contributed by atoms with Crippen LogP contribution in [0.4, 0.5) is 10.2 Å². The van der Waals surface area contributed by atoms with Crippen LogP contribution < -0.4 is 15.5 Å². The SMILES string of the molecule is CN=C(NCCCc1ccc(Cl)cc1)NC1CCN(c2ncccc2F)C1.I. The molecule has 0 radical (unpaired) electrons. The molecule has 1 fully saturated rings. The van der Waals surface area contributed by atoms with Crippen LogP contribution in [0.5, 0.6) is 0 Å². The van der Waals surface area contributed by atoms with Crippen LogP contribution in [-0.2, 0) is 6.42 Å². The largest absolute Gasteiger partial charge is 0.356 e. The highest BCUT2D eigenvalue weighted by Crippen LogP contribution is 2.20. The monoisotopic (exact) mass is 517 g/mol. The molecule has 2 aromatic rings. The summed E-state index contributed by atoms with van der Waals surface area (Å²) >= 11 is 5.91. The Hall–Kier alpha value is -1.61. The normalized spacial score (nSPS) is 16.6. The predicted molar refractivity (Wildman–Crippen MR) is 124 cm³/mol. The van der Waals surface area contributed by atoms with Gasteiger partial charge in [0.05, 0.1) is 0 Å². The van der Waals surface area contributed by atoms with Crippen LogP contribution in [0, 0.1) is 5.82 Å². The summed E-state index contributed by atoms with van der Waals surface area (Å²) < 4.78 is 13.9. The van der Waals surface area contributed by atoms with Gasteiger partial charge in [-0.1, -0.05) is 23.7 Å². The van der Waals surface area contributed by atoms with Gasteiger partial charge in [0.15, 0.2) is 17.6 Å². The smallest absolute Gasteiger partial charge is 0.191 e. The Morgan fingerprint density at radius 3 is 2.82 bits per heavy atom. The van der Waals surface area contributed by atoms with Crippen molar-refractivity contribution in [3.8, 4) is 0 Å². The minimum absolute atomic E-state index is 0. The van der Waals surface area contributed by atoms with Gasteiger partial charge in [0.25, 0.3) is 0 Å². The van der Waals surface area contributed by atoms with Crippen molar-refractivity contribution in [2.75, 3.05) is 31.6 Å². The van der Waals surface area contributed by atoms with Crippen LogP contribution in [-0.4, -0.2) is 43.7 Å². The van der Waals surface area contributed by atoms with E-state index >= 15 is 0 Å². The highest BCUT2D eigenvalue weighted by Gasteiger charge is 2.25. The second-order valence-corrected chi connectivity index (χ2v) is 7.05. The van der Waals surface area contributed by atoms with Gasteiger partial charge < -0.3 is 15.5 Å². The molecule has 0 saturated carbocycles. The van der Waals surface area contributed by atoms with E-state index in [-0.39, 0.29) is 35.8 Å². The van der Waals surface area contributed by atoms with Crippen LogP contribution in [0.15, 0.2) is 47.6 Å². The van der Waals surface area contributed by atoms with E-state index in [0.29, 0.717) is 12.4 Å². The molecule has 0 amide bonds. The maximum atomic E-state index is 13.9. The van der Waals surface area contributed by atoms with Crippen molar-refractivity contribution in [2.45, 2.75) is 25.3 Å². The molecule has 1 aromatic carbocycles. The molecule has 1 unspecified atom stereocenters.